The maximum absolute atomic E-state index is 11.8. The van der Waals surface area contributed by atoms with Crippen LogP contribution in [0.4, 0.5) is 11.4 Å². The van der Waals surface area contributed by atoms with Crippen LogP contribution in [0.15, 0.2) is 18.2 Å². The second kappa shape index (κ2) is 7.16. The van der Waals surface area contributed by atoms with Gasteiger partial charge in [0.25, 0.3) is 0 Å². The molecule has 1 unspecified atom stereocenters. The molecule has 1 aromatic carbocycles. The van der Waals surface area contributed by atoms with Gasteiger partial charge in [-0.25, -0.2) is 4.79 Å². The fourth-order valence-corrected chi connectivity index (χ4v) is 1.68. The number of benzene rings is 1. The van der Waals surface area contributed by atoms with Crippen LogP contribution in [0.3, 0.4) is 0 Å². The Kier molecular flexibility index (Phi) is 5.85. The fourth-order valence-electron chi connectivity index (χ4n) is 1.43. The zero-order chi connectivity index (χ0) is 13.5. The Morgan fingerprint density at radius 1 is 1.56 bits per heavy atom. The number of nitrogens with one attached hydrogen (secondary N) is 1. The van der Waals surface area contributed by atoms with Crippen LogP contribution in [0.1, 0.15) is 24.2 Å². The van der Waals surface area contributed by atoms with Gasteiger partial charge in [-0.1, -0.05) is 6.92 Å². The van der Waals surface area contributed by atoms with Crippen molar-refractivity contribution >= 4 is 29.1 Å². The number of ether oxygens (including phenoxy) is 1. The molecular formula is C13H20N2O2S. The highest BCUT2D eigenvalue weighted by Gasteiger charge is 2.13. The van der Waals surface area contributed by atoms with Crippen molar-refractivity contribution in [1.82, 2.24) is 0 Å². The van der Waals surface area contributed by atoms with Crippen molar-refractivity contribution in [3.8, 4) is 0 Å². The van der Waals surface area contributed by atoms with Crippen molar-refractivity contribution in [3.05, 3.63) is 23.8 Å². The van der Waals surface area contributed by atoms with Gasteiger partial charge >= 0.3 is 5.97 Å². The summed E-state index contributed by atoms with van der Waals surface area (Å²) in [6.07, 6.45) is 2.06. The van der Waals surface area contributed by atoms with Crippen molar-refractivity contribution in [3.63, 3.8) is 0 Å². The molecule has 5 heteroatoms. The predicted octanol–water partition coefficient (Wildman–Crippen LogP) is 2.61. The van der Waals surface area contributed by atoms with E-state index in [1.165, 1.54) is 0 Å². The second-order valence-electron chi connectivity index (χ2n) is 3.95. The van der Waals surface area contributed by atoms with E-state index in [0.717, 1.165) is 12.2 Å². The SMILES string of the molecule is CCOC(=O)c1cc(N)ccc1NCC(C)SC. The lowest BCUT2D eigenvalue weighted by Crippen LogP contribution is -2.16. The van der Waals surface area contributed by atoms with Gasteiger partial charge in [-0.3, -0.25) is 0 Å². The lowest BCUT2D eigenvalue weighted by molar-refractivity contribution is 0.0527. The molecule has 0 heterocycles. The third-order valence-electron chi connectivity index (χ3n) is 2.52. The summed E-state index contributed by atoms with van der Waals surface area (Å²) in [5.74, 6) is -0.343. The molecule has 0 spiro atoms. The van der Waals surface area contributed by atoms with Crippen LogP contribution in [0, 0.1) is 0 Å². The number of nitrogens with two attached hydrogens (primary N) is 1. The molecule has 1 aromatic rings. The molecule has 0 radical (unpaired) electrons. The van der Waals surface area contributed by atoms with Crippen LogP contribution < -0.4 is 11.1 Å². The summed E-state index contributed by atoms with van der Waals surface area (Å²) >= 11 is 1.77. The highest BCUT2D eigenvalue weighted by atomic mass is 32.2. The minimum absolute atomic E-state index is 0.343. The van der Waals surface area contributed by atoms with E-state index in [0.29, 0.717) is 23.1 Å². The number of hydrogen-bond donors (Lipinski definition) is 2. The smallest absolute Gasteiger partial charge is 0.340 e. The summed E-state index contributed by atoms with van der Waals surface area (Å²) in [6, 6.07) is 5.23. The molecule has 1 rings (SSSR count). The molecular weight excluding hydrogens is 248 g/mol. The van der Waals surface area contributed by atoms with Crippen LogP contribution in [-0.4, -0.2) is 30.6 Å². The third-order valence-corrected chi connectivity index (χ3v) is 3.49. The normalized spacial score (nSPS) is 11.9. The molecule has 0 aliphatic carbocycles. The maximum atomic E-state index is 11.8. The number of hydrogen-bond acceptors (Lipinski definition) is 5. The Morgan fingerprint density at radius 2 is 2.28 bits per heavy atom. The lowest BCUT2D eigenvalue weighted by Gasteiger charge is -2.14. The van der Waals surface area contributed by atoms with E-state index in [1.807, 2.05) is 6.07 Å². The number of nitrogen functional groups attached to an aromatic ring is 1. The minimum Gasteiger partial charge on any atom is -0.462 e. The molecule has 0 saturated heterocycles. The van der Waals surface area contributed by atoms with E-state index in [-0.39, 0.29) is 5.97 Å². The van der Waals surface area contributed by atoms with Crippen molar-refractivity contribution in [2.75, 3.05) is 30.5 Å². The Hall–Kier alpha value is -1.36. The first-order valence-electron chi connectivity index (χ1n) is 5.91. The zero-order valence-corrected chi connectivity index (χ0v) is 11.8. The van der Waals surface area contributed by atoms with E-state index in [2.05, 4.69) is 18.5 Å². The van der Waals surface area contributed by atoms with E-state index < -0.39 is 0 Å². The summed E-state index contributed by atoms with van der Waals surface area (Å²) in [7, 11) is 0. The molecule has 0 fully saturated rings. The average molecular weight is 268 g/mol. The Bertz CT molecular complexity index is 410. The van der Waals surface area contributed by atoms with Crippen molar-refractivity contribution in [1.29, 1.82) is 0 Å². The van der Waals surface area contributed by atoms with Crippen molar-refractivity contribution in [2.24, 2.45) is 0 Å². The van der Waals surface area contributed by atoms with Crippen LogP contribution in [0.25, 0.3) is 0 Å². The molecule has 0 aliphatic rings. The summed E-state index contributed by atoms with van der Waals surface area (Å²) < 4.78 is 5.02. The van der Waals surface area contributed by atoms with E-state index >= 15 is 0 Å². The molecule has 0 saturated carbocycles. The van der Waals surface area contributed by atoms with E-state index in [9.17, 15) is 4.79 Å². The molecule has 1 atom stereocenters. The molecule has 0 bridgehead atoms. The van der Waals surface area contributed by atoms with Gasteiger partial charge in [-0.15, -0.1) is 0 Å². The summed E-state index contributed by atoms with van der Waals surface area (Å²) in [6.45, 7) is 5.05. The van der Waals surface area contributed by atoms with Gasteiger partial charge in [-0.05, 0) is 31.4 Å². The summed E-state index contributed by atoms with van der Waals surface area (Å²) in [5, 5.41) is 3.72. The Labute approximate surface area is 112 Å². The monoisotopic (exact) mass is 268 g/mol. The molecule has 18 heavy (non-hydrogen) atoms. The predicted molar refractivity (Wildman–Crippen MR) is 78.3 cm³/mol. The van der Waals surface area contributed by atoms with Crippen LogP contribution >= 0.6 is 11.8 Å². The minimum atomic E-state index is -0.343. The van der Waals surface area contributed by atoms with Crippen LogP contribution in [-0.2, 0) is 4.74 Å². The first-order chi connectivity index (χ1) is 8.58. The fraction of sp³-hybridized carbons (Fsp3) is 0.462. The summed E-state index contributed by atoms with van der Waals surface area (Å²) in [5.41, 5.74) is 7.52. The van der Waals surface area contributed by atoms with Gasteiger partial charge in [0.1, 0.15) is 0 Å². The molecule has 0 aliphatic heterocycles. The Morgan fingerprint density at radius 3 is 2.89 bits per heavy atom. The number of rotatable bonds is 6. The number of anilines is 2. The number of carbonyl (C=O) groups excluding carboxylic acids is 1. The first kappa shape index (κ1) is 14.7. The standard InChI is InChI=1S/C13H20N2O2S/c1-4-17-13(16)11-7-10(14)5-6-12(11)15-8-9(2)18-3/h5-7,9,15H,4,8,14H2,1-3H3. The topological polar surface area (TPSA) is 64.3 Å². The van der Waals surface area contributed by atoms with E-state index in [4.69, 9.17) is 10.5 Å². The maximum Gasteiger partial charge on any atom is 0.340 e. The molecule has 100 valence electrons. The largest absolute Gasteiger partial charge is 0.462 e. The first-order valence-corrected chi connectivity index (χ1v) is 7.20. The van der Waals surface area contributed by atoms with Gasteiger partial charge in [0.05, 0.1) is 12.2 Å². The highest BCUT2D eigenvalue weighted by molar-refractivity contribution is 7.99. The van der Waals surface area contributed by atoms with Gasteiger partial charge in [0, 0.05) is 23.2 Å². The molecule has 0 aromatic heterocycles. The van der Waals surface area contributed by atoms with E-state index in [1.54, 1.807) is 30.8 Å². The third kappa shape index (κ3) is 4.14. The van der Waals surface area contributed by atoms with Gasteiger partial charge in [-0.2, -0.15) is 11.8 Å². The van der Waals surface area contributed by atoms with Gasteiger partial charge in [0.2, 0.25) is 0 Å². The highest BCUT2D eigenvalue weighted by Crippen LogP contribution is 2.20. The molecule has 4 nitrogen and oxygen atoms in total. The summed E-state index contributed by atoms with van der Waals surface area (Å²) in [4.78, 5) is 11.8. The van der Waals surface area contributed by atoms with Crippen molar-refractivity contribution < 1.29 is 9.53 Å². The van der Waals surface area contributed by atoms with Crippen molar-refractivity contribution in [2.45, 2.75) is 19.1 Å². The zero-order valence-electron chi connectivity index (χ0n) is 11.0. The number of esters is 1. The lowest BCUT2D eigenvalue weighted by atomic mass is 10.1. The number of thioether (sulfide) groups is 1. The molecule has 3 N–H and O–H groups in total. The van der Waals surface area contributed by atoms with Gasteiger partial charge < -0.3 is 15.8 Å². The van der Waals surface area contributed by atoms with Crippen LogP contribution in [0.2, 0.25) is 0 Å². The van der Waals surface area contributed by atoms with Gasteiger partial charge in [0.15, 0.2) is 0 Å². The number of carbonyl (C=O) groups is 1. The quantitative estimate of drug-likeness (QED) is 0.613. The second-order valence-corrected chi connectivity index (χ2v) is 5.23. The average Bonchev–Trinajstić information content (AvgIpc) is 2.37. The Balaban J connectivity index is 2.86. The molecule has 0 amide bonds. The van der Waals surface area contributed by atoms with Crippen LogP contribution in [0.5, 0.6) is 0 Å².